The maximum Gasteiger partial charge on any atom is 0.355 e. The fourth-order valence-corrected chi connectivity index (χ4v) is 1.09. The Labute approximate surface area is 80.7 Å². The Hall–Kier alpha value is -1.35. The van der Waals surface area contributed by atoms with Gasteiger partial charge in [-0.05, 0) is 18.6 Å². The number of rotatable bonds is 2. The third-order valence-electron chi connectivity index (χ3n) is 1.52. The minimum absolute atomic E-state index is 0.0168. The summed E-state index contributed by atoms with van der Waals surface area (Å²) in [5.74, 6) is -1.07. The SMILES string of the molecule is C=C(C)c1cc(Cl)cnc1C(=O)O. The van der Waals surface area contributed by atoms with Gasteiger partial charge >= 0.3 is 5.97 Å². The van der Waals surface area contributed by atoms with Crippen molar-refractivity contribution in [2.24, 2.45) is 0 Å². The monoisotopic (exact) mass is 197 g/mol. The number of carboxylic acid groups (broad SMARTS) is 1. The van der Waals surface area contributed by atoms with E-state index in [9.17, 15) is 4.79 Å². The van der Waals surface area contributed by atoms with E-state index in [0.717, 1.165) is 0 Å². The molecule has 0 atom stereocenters. The highest BCUT2D eigenvalue weighted by Crippen LogP contribution is 2.19. The first-order valence-electron chi connectivity index (χ1n) is 3.57. The zero-order valence-corrected chi connectivity index (χ0v) is 7.80. The van der Waals surface area contributed by atoms with E-state index in [0.29, 0.717) is 16.2 Å². The molecule has 0 aliphatic heterocycles. The van der Waals surface area contributed by atoms with Crippen molar-refractivity contribution in [3.05, 3.63) is 35.1 Å². The van der Waals surface area contributed by atoms with Gasteiger partial charge in [0.25, 0.3) is 0 Å². The third-order valence-corrected chi connectivity index (χ3v) is 1.72. The summed E-state index contributed by atoms with van der Waals surface area (Å²) >= 11 is 5.67. The van der Waals surface area contributed by atoms with Gasteiger partial charge in [0, 0.05) is 11.8 Å². The van der Waals surface area contributed by atoms with Crippen LogP contribution >= 0.6 is 11.6 Å². The Balaban J connectivity index is 3.35. The van der Waals surface area contributed by atoms with Gasteiger partial charge in [0.1, 0.15) is 0 Å². The molecule has 0 aromatic carbocycles. The maximum atomic E-state index is 10.7. The van der Waals surface area contributed by atoms with Crippen molar-refractivity contribution in [3.63, 3.8) is 0 Å². The molecular formula is C9H8ClNO2. The largest absolute Gasteiger partial charge is 0.476 e. The predicted octanol–water partition coefficient (Wildman–Crippen LogP) is 2.47. The van der Waals surface area contributed by atoms with Gasteiger partial charge in [-0.2, -0.15) is 0 Å². The van der Waals surface area contributed by atoms with Crippen LogP contribution in [0.3, 0.4) is 0 Å². The first-order valence-corrected chi connectivity index (χ1v) is 3.95. The number of carboxylic acids is 1. The second kappa shape index (κ2) is 3.58. The molecule has 0 unspecified atom stereocenters. The second-order valence-corrected chi connectivity index (χ2v) is 3.07. The highest BCUT2D eigenvalue weighted by molar-refractivity contribution is 6.30. The van der Waals surface area contributed by atoms with E-state index in [2.05, 4.69) is 11.6 Å². The molecule has 0 aliphatic carbocycles. The van der Waals surface area contributed by atoms with Crippen LogP contribution < -0.4 is 0 Å². The number of hydrogen-bond acceptors (Lipinski definition) is 2. The van der Waals surface area contributed by atoms with Gasteiger partial charge in [0.15, 0.2) is 5.69 Å². The molecule has 1 aromatic rings. The fourth-order valence-electron chi connectivity index (χ4n) is 0.935. The van der Waals surface area contributed by atoms with Crippen LogP contribution in [-0.2, 0) is 0 Å². The Bertz CT molecular complexity index is 374. The number of pyridine rings is 1. The van der Waals surface area contributed by atoms with Crippen molar-refractivity contribution >= 4 is 23.1 Å². The lowest BCUT2D eigenvalue weighted by Crippen LogP contribution is -2.04. The molecule has 3 nitrogen and oxygen atoms in total. The van der Waals surface area contributed by atoms with Crippen LogP contribution in [0, 0.1) is 0 Å². The summed E-state index contributed by atoms with van der Waals surface area (Å²) in [6.45, 7) is 5.36. The first kappa shape index (κ1) is 9.74. The Morgan fingerprint density at radius 1 is 1.69 bits per heavy atom. The number of hydrogen-bond donors (Lipinski definition) is 1. The summed E-state index contributed by atoms with van der Waals surface area (Å²) in [7, 11) is 0. The number of carbonyl (C=O) groups is 1. The first-order chi connectivity index (χ1) is 6.02. The lowest BCUT2D eigenvalue weighted by Gasteiger charge is -2.03. The molecule has 1 N–H and O–H groups in total. The molecule has 0 fully saturated rings. The average molecular weight is 198 g/mol. The summed E-state index contributed by atoms with van der Waals surface area (Å²) < 4.78 is 0. The summed E-state index contributed by atoms with van der Waals surface area (Å²) in [4.78, 5) is 14.4. The van der Waals surface area contributed by atoms with Crippen molar-refractivity contribution in [3.8, 4) is 0 Å². The van der Waals surface area contributed by atoms with E-state index in [1.165, 1.54) is 6.20 Å². The number of aromatic nitrogens is 1. The van der Waals surface area contributed by atoms with E-state index in [-0.39, 0.29) is 5.69 Å². The van der Waals surface area contributed by atoms with Crippen molar-refractivity contribution in [1.29, 1.82) is 0 Å². The van der Waals surface area contributed by atoms with E-state index in [1.807, 2.05) is 0 Å². The molecule has 0 radical (unpaired) electrons. The van der Waals surface area contributed by atoms with Crippen LogP contribution in [0.15, 0.2) is 18.8 Å². The molecule has 0 amide bonds. The molecule has 0 saturated carbocycles. The number of allylic oxidation sites excluding steroid dienone is 1. The molecule has 1 aromatic heterocycles. The highest BCUT2D eigenvalue weighted by atomic mass is 35.5. The number of aromatic carboxylic acids is 1. The normalized spacial score (nSPS) is 9.69. The zero-order valence-electron chi connectivity index (χ0n) is 7.04. The number of nitrogens with zero attached hydrogens (tertiary/aromatic N) is 1. The summed E-state index contributed by atoms with van der Waals surface area (Å²) in [5.41, 5.74) is 1.09. The summed E-state index contributed by atoms with van der Waals surface area (Å²) in [6, 6.07) is 1.54. The van der Waals surface area contributed by atoms with Crippen LogP contribution in [0.5, 0.6) is 0 Å². The summed E-state index contributed by atoms with van der Waals surface area (Å²) in [5, 5.41) is 9.16. The second-order valence-electron chi connectivity index (χ2n) is 2.64. The van der Waals surface area contributed by atoms with E-state index in [4.69, 9.17) is 16.7 Å². The van der Waals surface area contributed by atoms with E-state index in [1.54, 1.807) is 13.0 Å². The molecular weight excluding hydrogens is 190 g/mol. The molecule has 0 aliphatic rings. The molecule has 13 heavy (non-hydrogen) atoms. The van der Waals surface area contributed by atoms with Gasteiger partial charge < -0.3 is 5.11 Å². The molecule has 1 rings (SSSR count). The van der Waals surface area contributed by atoms with Crippen molar-refractivity contribution in [2.75, 3.05) is 0 Å². The van der Waals surface area contributed by atoms with Crippen LogP contribution in [0.1, 0.15) is 23.0 Å². The molecule has 4 heteroatoms. The third kappa shape index (κ3) is 2.06. The van der Waals surface area contributed by atoms with Crippen molar-refractivity contribution < 1.29 is 9.90 Å². The van der Waals surface area contributed by atoms with E-state index < -0.39 is 5.97 Å². The van der Waals surface area contributed by atoms with E-state index >= 15 is 0 Å². The molecule has 1 heterocycles. The Morgan fingerprint density at radius 2 is 2.31 bits per heavy atom. The molecule has 0 spiro atoms. The van der Waals surface area contributed by atoms with Crippen LogP contribution in [0.2, 0.25) is 5.02 Å². The van der Waals surface area contributed by atoms with Gasteiger partial charge in [-0.15, -0.1) is 0 Å². The zero-order chi connectivity index (χ0) is 10.0. The van der Waals surface area contributed by atoms with Crippen molar-refractivity contribution in [1.82, 2.24) is 4.98 Å². The quantitative estimate of drug-likeness (QED) is 0.793. The van der Waals surface area contributed by atoms with Gasteiger partial charge in [0.2, 0.25) is 0 Å². The Morgan fingerprint density at radius 3 is 2.77 bits per heavy atom. The topological polar surface area (TPSA) is 50.2 Å². The van der Waals surface area contributed by atoms with Crippen LogP contribution in [0.25, 0.3) is 5.57 Å². The highest BCUT2D eigenvalue weighted by Gasteiger charge is 2.12. The van der Waals surface area contributed by atoms with Gasteiger partial charge in [-0.25, -0.2) is 9.78 Å². The average Bonchev–Trinajstić information content (AvgIpc) is 2.03. The van der Waals surface area contributed by atoms with Gasteiger partial charge in [0.05, 0.1) is 5.02 Å². The molecule has 0 bridgehead atoms. The Kier molecular flexibility index (Phi) is 2.68. The predicted molar refractivity (Wildman–Crippen MR) is 50.9 cm³/mol. The minimum atomic E-state index is -1.07. The number of halogens is 1. The fraction of sp³-hybridized carbons (Fsp3) is 0.111. The minimum Gasteiger partial charge on any atom is -0.476 e. The van der Waals surface area contributed by atoms with Crippen LogP contribution in [-0.4, -0.2) is 16.1 Å². The lowest BCUT2D eigenvalue weighted by molar-refractivity contribution is 0.0690. The maximum absolute atomic E-state index is 10.7. The van der Waals surface area contributed by atoms with Crippen LogP contribution in [0.4, 0.5) is 0 Å². The standard InChI is InChI=1S/C9H8ClNO2/c1-5(2)7-3-6(10)4-11-8(7)9(12)13/h3-4H,1H2,2H3,(H,12,13). The lowest BCUT2D eigenvalue weighted by atomic mass is 10.1. The van der Waals surface area contributed by atoms with Gasteiger partial charge in [-0.1, -0.05) is 18.2 Å². The molecule has 0 saturated heterocycles. The van der Waals surface area contributed by atoms with Crippen molar-refractivity contribution in [2.45, 2.75) is 6.92 Å². The summed E-state index contributed by atoms with van der Waals surface area (Å²) in [6.07, 6.45) is 1.30. The molecule has 68 valence electrons. The van der Waals surface area contributed by atoms with Gasteiger partial charge in [-0.3, -0.25) is 0 Å². The smallest absolute Gasteiger partial charge is 0.355 e.